The van der Waals surface area contributed by atoms with Gasteiger partial charge in [-0.1, -0.05) is 54.7 Å². The molecule has 0 aromatic rings. The summed E-state index contributed by atoms with van der Waals surface area (Å²) in [6, 6.07) is 0. The van der Waals surface area contributed by atoms with Crippen molar-refractivity contribution in [2.24, 2.45) is 5.92 Å². The van der Waals surface area contributed by atoms with Crippen molar-refractivity contribution in [3.05, 3.63) is 61.3 Å². The Hall–Kier alpha value is -1.30. The maximum absolute atomic E-state index is 3.96. The molecule has 1 atom stereocenters. The normalized spacial score (nSPS) is 24.7. The van der Waals surface area contributed by atoms with E-state index in [1.165, 1.54) is 44.9 Å². The monoisotopic (exact) mass is 270 g/mol. The van der Waals surface area contributed by atoms with E-state index < -0.39 is 0 Å². The Morgan fingerprint density at radius 3 is 1.45 bits per heavy atom. The molecule has 0 aliphatic heterocycles. The lowest BCUT2D eigenvalue weighted by atomic mass is 9.99. The van der Waals surface area contributed by atoms with Crippen molar-refractivity contribution in [1.29, 1.82) is 0 Å². The first kappa shape index (κ1) is 16.8. The van der Waals surface area contributed by atoms with E-state index in [1.54, 1.807) is 0 Å². The van der Waals surface area contributed by atoms with Crippen LogP contribution in [0.4, 0.5) is 0 Å². The minimum absolute atomic E-state index is 0.630. The van der Waals surface area contributed by atoms with Crippen LogP contribution in [0.2, 0.25) is 0 Å². The van der Waals surface area contributed by atoms with Crippen molar-refractivity contribution in [3.8, 4) is 0 Å². The molecule has 20 heavy (non-hydrogen) atoms. The van der Waals surface area contributed by atoms with E-state index in [9.17, 15) is 0 Å². The zero-order valence-electron chi connectivity index (χ0n) is 12.8. The van der Waals surface area contributed by atoms with Gasteiger partial charge in [-0.3, -0.25) is 0 Å². The predicted molar refractivity (Wildman–Crippen MR) is 91.8 cm³/mol. The van der Waals surface area contributed by atoms with Gasteiger partial charge in [-0.05, 0) is 63.7 Å². The Morgan fingerprint density at radius 2 is 1.00 bits per heavy atom. The van der Waals surface area contributed by atoms with E-state index in [2.05, 4.69) is 61.3 Å². The van der Waals surface area contributed by atoms with E-state index in [-0.39, 0.29) is 0 Å². The summed E-state index contributed by atoms with van der Waals surface area (Å²) in [6.07, 6.45) is 31.2. The average molecular weight is 270 g/mol. The van der Waals surface area contributed by atoms with Crippen molar-refractivity contribution >= 4 is 0 Å². The van der Waals surface area contributed by atoms with Crippen molar-refractivity contribution < 1.29 is 0 Å². The highest BCUT2D eigenvalue weighted by atomic mass is 14.0. The molecule has 0 spiro atoms. The van der Waals surface area contributed by atoms with Gasteiger partial charge in [0.25, 0.3) is 0 Å². The van der Waals surface area contributed by atoms with Crippen LogP contribution in [-0.4, -0.2) is 0 Å². The van der Waals surface area contributed by atoms with Gasteiger partial charge in [-0.15, -0.1) is 6.58 Å². The molecule has 0 saturated heterocycles. The Bertz CT molecular complexity index is 341. The van der Waals surface area contributed by atoms with Crippen LogP contribution in [0.15, 0.2) is 61.3 Å². The lowest BCUT2D eigenvalue weighted by Crippen LogP contribution is -1.93. The van der Waals surface area contributed by atoms with E-state index in [4.69, 9.17) is 0 Å². The lowest BCUT2D eigenvalue weighted by molar-refractivity contribution is 0.606. The van der Waals surface area contributed by atoms with E-state index in [0.717, 1.165) is 12.8 Å². The van der Waals surface area contributed by atoms with Gasteiger partial charge in [0.05, 0.1) is 0 Å². The standard InChI is InChI=1S/C20H30/c1-2-20-18-16-14-12-10-8-6-4-3-5-7-9-11-13-15-17-19-20/h2,4,6-7,9,12,14-15,17,20H,1,3,5,8,10-11,13,16,18-19H2/b6-4?,9-7?,14-12+,17-15?. The molecule has 0 N–H and O–H groups in total. The molecular weight excluding hydrogens is 240 g/mol. The zero-order valence-corrected chi connectivity index (χ0v) is 12.8. The highest BCUT2D eigenvalue weighted by Gasteiger charge is 1.99. The number of rotatable bonds is 1. The van der Waals surface area contributed by atoms with Crippen LogP contribution >= 0.6 is 0 Å². The molecule has 1 rings (SSSR count). The first-order chi connectivity index (χ1) is 9.93. The summed E-state index contributed by atoms with van der Waals surface area (Å²) in [4.78, 5) is 0. The summed E-state index contributed by atoms with van der Waals surface area (Å²) in [5, 5.41) is 0. The lowest BCUT2D eigenvalue weighted by Gasteiger charge is -2.07. The maximum Gasteiger partial charge on any atom is -0.0199 e. The predicted octanol–water partition coefficient (Wildman–Crippen LogP) is 6.54. The van der Waals surface area contributed by atoms with Gasteiger partial charge in [0.15, 0.2) is 0 Å². The van der Waals surface area contributed by atoms with Crippen molar-refractivity contribution in [1.82, 2.24) is 0 Å². The van der Waals surface area contributed by atoms with Crippen LogP contribution in [0, 0.1) is 5.92 Å². The summed E-state index contributed by atoms with van der Waals surface area (Å²) in [5.41, 5.74) is 0. The van der Waals surface area contributed by atoms with E-state index in [0.29, 0.717) is 5.92 Å². The fraction of sp³-hybridized carbons (Fsp3) is 0.500. The van der Waals surface area contributed by atoms with Gasteiger partial charge in [-0.25, -0.2) is 0 Å². The number of hydrogen-bond donors (Lipinski definition) is 0. The summed E-state index contributed by atoms with van der Waals surface area (Å²) in [6.45, 7) is 3.96. The second-order valence-corrected chi connectivity index (χ2v) is 5.43. The van der Waals surface area contributed by atoms with Crippen LogP contribution < -0.4 is 0 Å². The Labute approximate surface area is 125 Å². The molecule has 0 radical (unpaired) electrons. The minimum Gasteiger partial charge on any atom is -0.103 e. The first-order valence-electron chi connectivity index (χ1n) is 8.16. The molecule has 0 saturated carbocycles. The van der Waals surface area contributed by atoms with Crippen LogP contribution in [-0.2, 0) is 0 Å². The van der Waals surface area contributed by atoms with Crippen molar-refractivity contribution in [3.63, 3.8) is 0 Å². The third kappa shape index (κ3) is 9.61. The third-order valence-corrected chi connectivity index (χ3v) is 3.64. The summed E-state index contributed by atoms with van der Waals surface area (Å²) in [7, 11) is 0. The average Bonchev–Trinajstić information content (AvgIpc) is 2.47. The van der Waals surface area contributed by atoms with Crippen LogP contribution in [0.5, 0.6) is 0 Å². The fourth-order valence-corrected chi connectivity index (χ4v) is 2.32. The second kappa shape index (κ2) is 12.7. The van der Waals surface area contributed by atoms with Crippen molar-refractivity contribution in [2.75, 3.05) is 0 Å². The molecule has 1 aliphatic rings. The quantitative estimate of drug-likeness (QED) is 0.475. The van der Waals surface area contributed by atoms with Crippen LogP contribution in [0.3, 0.4) is 0 Å². The molecule has 0 bridgehead atoms. The topological polar surface area (TPSA) is 0 Å². The highest BCUT2D eigenvalue weighted by Crippen LogP contribution is 2.14. The smallest absolute Gasteiger partial charge is 0.0199 e. The van der Waals surface area contributed by atoms with Crippen LogP contribution in [0.25, 0.3) is 0 Å². The van der Waals surface area contributed by atoms with E-state index in [1.807, 2.05) is 0 Å². The van der Waals surface area contributed by atoms with Gasteiger partial charge >= 0.3 is 0 Å². The molecule has 0 heteroatoms. The van der Waals surface area contributed by atoms with Crippen LogP contribution in [0.1, 0.15) is 57.8 Å². The Balaban J connectivity index is 2.41. The largest absolute Gasteiger partial charge is 0.103 e. The molecule has 0 heterocycles. The SMILES string of the molecule is C=CC1CC=CCCC=CCCC=CCC/C=C/CC1. The van der Waals surface area contributed by atoms with E-state index >= 15 is 0 Å². The molecule has 1 unspecified atom stereocenters. The molecule has 0 aromatic heterocycles. The van der Waals surface area contributed by atoms with Crippen molar-refractivity contribution in [2.45, 2.75) is 57.8 Å². The Kier molecular flexibility index (Phi) is 10.7. The molecule has 0 fully saturated rings. The molecule has 0 nitrogen and oxygen atoms in total. The second-order valence-electron chi connectivity index (χ2n) is 5.43. The molecular formula is C20H30. The summed E-state index contributed by atoms with van der Waals surface area (Å²) in [5.74, 6) is 0.630. The zero-order chi connectivity index (χ0) is 14.3. The fourth-order valence-electron chi connectivity index (χ4n) is 2.32. The molecule has 1 aliphatic carbocycles. The van der Waals surface area contributed by atoms with Gasteiger partial charge in [0.2, 0.25) is 0 Å². The summed E-state index contributed by atoms with van der Waals surface area (Å²) >= 11 is 0. The number of hydrogen-bond acceptors (Lipinski definition) is 0. The Morgan fingerprint density at radius 1 is 0.600 bits per heavy atom. The van der Waals surface area contributed by atoms with Gasteiger partial charge in [0, 0.05) is 0 Å². The third-order valence-electron chi connectivity index (χ3n) is 3.64. The summed E-state index contributed by atoms with van der Waals surface area (Å²) < 4.78 is 0. The molecule has 110 valence electrons. The molecule has 0 amide bonds. The minimum atomic E-state index is 0.630. The number of allylic oxidation sites excluding steroid dienone is 9. The highest BCUT2D eigenvalue weighted by molar-refractivity contribution is 4.95. The first-order valence-corrected chi connectivity index (χ1v) is 8.16. The molecule has 0 aromatic carbocycles. The van der Waals surface area contributed by atoms with Gasteiger partial charge < -0.3 is 0 Å². The van der Waals surface area contributed by atoms with Gasteiger partial charge in [-0.2, -0.15) is 0 Å². The van der Waals surface area contributed by atoms with Gasteiger partial charge in [0.1, 0.15) is 0 Å². The maximum atomic E-state index is 3.96.